The van der Waals surface area contributed by atoms with Crippen LogP contribution in [0.1, 0.15) is 22.7 Å². The van der Waals surface area contributed by atoms with Gasteiger partial charge in [0.1, 0.15) is 0 Å². The molecule has 0 bridgehead atoms. The molecule has 0 amide bonds. The second-order valence-corrected chi connectivity index (χ2v) is 4.88. The van der Waals surface area contributed by atoms with Gasteiger partial charge in [0.05, 0.1) is 6.20 Å². The fourth-order valence-electron chi connectivity index (χ4n) is 2.76. The molecule has 94 valence electrons. The van der Waals surface area contributed by atoms with Gasteiger partial charge in [0, 0.05) is 44.5 Å². The van der Waals surface area contributed by atoms with E-state index in [4.69, 9.17) is 5.73 Å². The van der Waals surface area contributed by atoms with E-state index in [2.05, 4.69) is 40.5 Å². The molecule has 2 aromatic rings. The first kappa shape index (κ1) is 11.4. The molecule has 0 spiro atoms. The van der Waals surface area contributed by atoms with Crippen molar-refractivity contribution in [2.75, 3.05) is 6.54 Å². The van der Waals surface area contributed by atoms with E-state index in [1.54, 1.807) is 0 Å². The lowest BCUT2D eigenvalue weighted by Gasteiger charge is -2.23. The molecule has 1 unspecified atom stereocenters. The Morgan fingerprint density at radius 3 is 2.94 bits per heavy atom. The third-order valence-corrected chi connectivity index (χ3v) is 3.60. The fourth-order valence-corrected chi connectivity index (χ4v) is 2.76. The van der Waals surface area contributed by atoms with Crippen LogP contribution in [0, 0.1) is 0 Å². The molecular formula is C14H18N4. The molecule has 4 nitrogen and oxygen atoms in total. The van der Waals surface area contributed by atoms with Crippen molar-refractivity contribution < 1.29 is 0 Å². The van der Waals surface area contributed by atoms with Gasteiger partial charge in [-0.3, -0.25) is 9.58 Å². The summed E-state index contributed by atoms with van der Waals surface area (Å²) < 4.78 is 1.84. The Hall–Kier alpha value is -1.65. The zero-order chi connectivity index (χ0) is 12.5. The maximum atomic E-state index is 5.94. The van der Waals surface area contributed by atoms with E-state index in [1.165, 1.54) is 16.7 Å². The molecule has 2 N–H and O–H groups in total. The van der Waals surface area contributed by atoms with Crippen molar-refractivity contribution in [2.24, 2.45) is 12.8 Å². The molecule has 4 heteroatoms. The van der Waals surface area contributed by atoms with Crippen molar-refractivity contribution in [3.05, 3.63) is 53.3 Å². The fraction of sp³-hybridized carbons (Fsp3) is 0.357. The Balaban J connectivity index is 1.83. The quantitative estimate of drug-likeness (QED) is 0.886. The molecule has 0 aliphatic carbocycles. The summed E-state index contributed by atoms with van der Waals surface area (Å²) in [6.07, 6.45) is 3.99. The zero-order valence-electron chi connectivity index (χ0n) is 10.6. The Kier molecular flexibility index (Phi) is 2.89. The molecule has 1 aromatic carbocycles. The van der Waals surface area contributed by atoms with Gasteiger partial charge in [-0.25, -0.2) is 0 Å². The molecule has 1 aliphatic heterocycles. The molecule has 1 aliphatic rings. The number of hydrogen-bond acceptors (Lipinski definition) is 3. The molecule has 0 saturated carbocycles. The van der Waals surface area contributed by atoms with Crippen molar-refractivity contribution in [1.82, 2.24) is 14.7 Å². The van der Waals surface area contributed by atoms with Gasteiger partial charge in [-0.2, -0.15) is 5.10 Å². The van der Waals surface area contributed by atoms with Crippen LogP contribution in [0.2, 0.25) is 0 Å². The highest BCUT2D eigenvalue weighted by atomic mass is 15.2. The lowest BCUT2D eigenvalue weighted by molar-refractivity contribution is 0.211. The van der Waals surface area contributed by atoms with Gasteiger partial charge in [-0.1, -0.05) is 24.3 Å². The van der Waals surface area contributed by atoms with Crippen LogP contribution in [0.25, 0.3) is 0 Å². The van der Waals surface area contributed by atoms with Crippen LogP contribution in [-0.2, 0) is 20.1 Å². The smallest absolute Gasteiger partial charge is 0.0534 e. The number of nitrogens with zero attached hydrogens (tertiary/aromatic N) is 3. The number of benzene rings is 1. The first-order valence-corrected chi connectivity index (χ1v) is 6.27. The number of fused-ring (bicyclic) bond motifs is 1. The van der Waals surface area contributed by atoms with E-state index in [9.17, 15) is 0 Å². The highest BCUT2D eigenvalue weighted by molar-refractivity contribution is 5.34. The molecule has 1 atom stereocenters. The van der Waals surface area contributed by atoms with Gasteiger partial charge in [0.2, 0.25) is 0 Å². The largest absolute Gasteiger partial charge is 0.329 e. The van der Waals surface area contributed by atoms with Crippen LogP contribution >= 0.6 is 0 Å². The Morgan fingerprint density at radius 2 is 2.22 bits per heavy atom. The molecule has 0 saturated heterocycles. The maximum Gasteiger partial charge on any atom is 0.0534 e. The SMILES string of the molecule is Cn1cc(CN2Cc3ccccc3C2CN)cn1. The monoisotopic (exact) mass is 242 g/mol. The zero-order valence-corrected chi connectivity index (χ0v) is 10.6. The van der Waals surface area contributed by atoms with Crippen LogP contribution in [0.3, 0.4) is 0 Å². The minimum absolute atomic E-state index is 0.335. The summed E-state index contributed by atoms with van der Waals surface area (Å²) in [5, 5.41) is 4.22. The second-order valence-electron chi connectivity index (χ2n) is 4.88. The third kappa shape index (κ3) is 1.94. The van der Waals surface area contributed by atoms with Crippen LogP contribution < -0.4 is 5.73 Å². The molecule has 0 radical (unpaired) electrons. The van der Waals surface area contributed by atoms with Gasteiger partial charge in [0.15, 0.2) is 0 Å². The lowest BCUT2D eigenvalue weighted by atomic mass is 10.1. The lowest BCUT2D eigenvalue weighted by Crippen LogP contribution is -2.27. The summed E-state index contributed by atoms with van der Waals surface area (Å²) in [7, 11) is 1.95. The average molecular weight is 242 g/mol. The summed E-state index contributed by atoms with van der Waals surface area (Å²) in [6.45, 7) is 2.55. The van der Waals surface area contributed by atoms with E-state index in [-0.39, 0.29) is 0 Å². The minimum Gasteiger partial charge on any atom is -0.329 e. The Morgan fingerprint density at radius 1 is 1.39 bits per heavy atom. The third-order valence-electron chi connectivity index (χ3n) is 3.60. The van der Waals surface area contributed by atoms with Gasteiger partial charge < -0.3 is 5.73 Å². The van der Waals surface area contributed by atoms with E-state index in [0.29, 0.717) is 12.6 Å². The number of aryl methyl sites for hydroxylation is 1. The van der Waals surface area contributed by atoms with Crippen molar-refractivity contribution in [3.8, 4) is 0 Å². The van der Waals surface area contributed by atoms with Crippen LogP contribution in [0.5, 0.6) is 0 Å². The van der Waals surface area contributed by atoms with Crippen molar-refractivity contribution in [1.29, 1.82) is 0 Å². The summed E-state index contributed by atoms with van der Waals surface area (Å²) >= 11 is 0. The first-order valence-electron chi connectivity index (χ1n) is 6.27. The van der Waals surface area contributed by atoms with Gasteiger partial charge in [-0.05, 0) is 11.1 Å². The summed E-state index contributed by atoms with van der Waals surface area (Å²) in [5.41, 5.74) is 9.95. The number of hydrogen-bond donors (Lipinski definition) is 1. The number of nitrogens with two attached hydrogens (primary N) is 1. The topological polar surface area (TPSA) is 47.1 Å². The molecular weight excluding hydrogens is 224 g/mol. The van der Waals surface area contributed by atoms with Crippen molar-refractivity contribution in [2.45, 2.75) is 19.1 Å². The second kappa shape index (κ2) is 4.55. The predicted molar refractivity (Wildman–Crippen MR) is 70.7 cm³/mol. The molecule has 3 rings (SSSR count). The molecule has 0 fully saturated rings. The summed E-state index contributed by atoms with van der Waals surface area (Å²) in [4.78, 5) is 2.42. The first-order chi connectivity index (χ1) is 8.78. The molecule has 18 heavy (non-hydrogen) atoms. The van der Waals surface area contributed by atoms with Crippen molar-refractivity contribution in [3.63, 3.8) is 0 Å². The van der Waals surface area contributed by atoms with E-state index in [0.717, 1.165) is 13.1 Å². The van der Waals surface area contributed by atoms with Gasteiger partial charge >= 0.3 is 0 Å². The van der Waals surface area contributed by atoms with Crippen LogP contribution in [-0.4, -0.2) is 21.2 Å². The Labute approximate surface area is 107 Å². The van der Waals surface area contributed by atoms with Gasteiger partial charge in [-0.15, -0.1) is 0 Å². The van der Waals surface area contributed by atoms with E-state index in [1.807, 2.05) is 17.9 Å². The highest BCUT2D eigenvalue weighted by Gasteiger charge is 2.28. The summed E-state index contributed by atoms with van der Waals surface area (Å²) in [6, 6.07) is 8.91. The molecule has 2 heterocycles. The normalized spacial score (nSPS) is 19.1. The maximum absolute atomic E-state index is 5.94. The van der Waals surface area contributed by atoms with E-state index >= 15 is 0 Å². The van der Waals surface area contributed by atoms with Crippen LogP contribution in [0.4, 0.5) is 0 Å². The standard InChI is InChI=1S/C14H18N4/c1-17-8-11(7-16-17)9-18-10-12-4-2-3-5-13(12)14(18)6-15/h2-5,7-8,14H,6,9-10,15H2,1H3. The van der Waals surface area contributed by atoms with E-state index < -0.39 is 0 Å². The van der Waals surface area contributed by atoms with Crippen molar-refractivity contribution >= 4 is 0 Å². The minimum atomic E-state index is 0.335. The predicted octanol–water partition coefficient (Wildman–Crippen LogP) is 1.44. The Bertz CT molecular complexity index is 546. The van der Waals surface area contributed by atoms with Gasteiger partial charge in [0.25, 0.3) is 0 Å². The number of aromatic nitrogens is 2. The number of rotatable bonds is 3. The highest BCUT2D eigenvalue weighted by Crippen LogP contribution is 2.33. The van der Waals surface area contributed by atoms with Crippen LogP contribution in [0.15, 0.2) is 36.7 Å². The summed E-state index contributed by atoms with van der Waals surface area (Å²) in [5.74, 6) is 0. The average Bonchev–Trinajstić information content (AvgIpc) is 2.92. The molecule has 1 aromatic heterocycles.